The van der Waals surface area contributed by atoms with E-state index >= 15 is 0 Å². The van der Waals surface area contributed by atoms with Crippen LogP contribution in [0, 0.1) is 23.0 Å². The average molecular weight is 358 g/mol. The minimum absolute atomic E-state index is 0.0777. The van der Waals surface area contributed by atoms with E-state index in [9.17, 15) is 13.6 Å². The zero-order chi connectivity index (χ0) is 19.1. The number of carbonyl (C=O) groups excluding carboxylic acids is 1. The maximum Gasteiger partial charge on any atom is 0.322 e. The van der Waals surface area contributed by atoms with Crippen LogP contribution in [0.5, 0.6) is 0 Å². The molecular formula is C19H20F2N4O. The zero-order valence-corrected chi connectivity index (χ0v) is 14.7. The number of halogens is 2. The Kier molecular flexibility index (Phi) is 6.64. The number of benzene rings is 2. The summed E-state index contributed by atoms with van der Waals surface area (Å²) in [5.41, 5.74) is 1.30. The van der Waals surface area contributed by atoms with Gasteiger partial charge in [-0.3, -0.25) is 0 Å². The number of nitriles is 1. The Labute approximate surface area is 151 Å². The summed E-state index contributed by atoms with van der Waals surface area (Å²) in [4.78, 5) is 16.0. The summed E-state index contributed by atoms with van der Waals surface area (Å²) < 4.78 is 26.8. The summed E-state index contributed by atoms with van der Waals surface area (Å²) in [5, 5.41) is 11.3. The fourth-order valence-corrected chi connectivity index (χ4v) is 2.26. The summed E-state index contributed by atoms with van der Waals surface area (Å²) in [7, 11) is 3.77. The summed E-state index contributed by atoms with van der Waals surface area (Å²) in [6.45, 7) is 1.34. The highest BCUT2D eigenvalue weighted by Crippen LogP contribution is 2.16. The Morgan fingerprint density at radius 2 is 1.81 bits per heavy atom. The van der Waals surface area contributed by atoms with Crippen LogP contribution in [0.3, 0.4) is 0 Å². The Morgan fingerprint density at radius 3 is 2.38 bits per heavy atom. The fraction of sp³-hybridized carbons (Fsp3) is 0.263. The summed E-state index contributed by atoms with van der Waals surface area (Å²) in [6, 6.07) is 11.5. The summed E-state index contributed by atoms with van der Waals surface area (Å²) in [5.74, 6) is -1.54. The lowest BCUT2D eigenvalue weighted by Gasteiger charge is -2.25. The van der Waals surface area contributed by atoms with Crippen LogP contribution in [-0.4, -0.2) is 43.0 Å². The van der Waals surface area contributed by atoms with Crippen LogP contribution < -0.4 is 5.32 Å². The Hall–Kier alpha value is -2.98. The largest absolute Gasteiger partial charge is 0.322 e. The molecule has 0 aliphatic carbocycles. The molecule has 0 spiro atoms. The van der Waals surface area contributed by atoms with Gasteiger partial charge in [0.25, 0.3) is 0 Å². The molecule has 0 fully saturated rings. The van der Waals surface area contributed by atoms with E-state index in [0.717, 1.165) is 17.7 Å². The van der Waals surface area contributed by atoms with Crippen molar-refractivity contribution >= 4 is 11.7 Å². The number of urea groups is 1. The van der Waals surface area contributed by atoms with Gasteiger partial charge < -0.3 is 15.1 Å². The molecule has 7 heteroatoms. The number of nitrogens with one attached hydrogen (secondary N) is 1. The quantitative estimate of drug-likeness (QED) is 0.861. The van der Waals surface area contributed by atoms with E-state index in [1.165, 1.54) is 11.0 Å². The van der Waals surface area contributed by atoms with Crippen LogP contribution in [0.4, 0.5) is 19.3 Å². The highest BCUT2D eigenvalue weighted by atomic mass is 19.1. The number of hydrogen-bond acceptors (Lipinski definition) is 3. The van der Waals surface area contributed by atoms with Crippen molar-refractivity contribution in [3.8, 4) is 6.07 Å². The molecule has 0 heterocycles. The fourth-order valence-electron chi connectivity index (χ4n) is 2.26. The predicted octanol–water partition coefficient (Wildman–Crippen LogP) is 3.43. The maximum atomic E-state index is 13.8. The van der Waals surface area contributed by atoms with Crippen molar-refractivity contribution in [2.24, 2.45) is 0 Å². The predicted molar refractivity (Wildman–Crippen MR) is 95.5 cm³/mol. The van der Waals surface area contributed by atoms with Crippen LogP contribution in [0.2, 0.25) is 0 Å². The third kappa shape index (κ3) is 5.53. The Balaban J connectivity index is 2.13. The average Bonchev–Trinajstić information content (AvgIpc) is 2.61. The van der Waals surface area contributed by atoms with E-state index in [-0.39, 0.29) is 5.69 Å². The molecule has 0 atom stereocenters. The number of likely N-dealkylation sites (N-methyl/N-ethyl adjacent to an activating group) is 1. The number of rotatable bonds is 6. The van der Waals surface area contributed by atoms with Crippen LogP contribution in [0.1, 0.15) is 11.1 Å². The van der Waals surface area contributed by atoms with Gasteiger partial charge >= 0.3 is 6.03 Å². The van der Waals surface area contributed by atoms with E-state index < -0.39 is 17.7 Å². The van der Waals surface area contributed by atoms with Crippen LogP contribution in [0.15, 0.2) is 42.5 Å². The topological polar surface area (TPSA) is 59.4 Å². The number of amides is 2. The van der Waals surface area contributed by atoms with E-state index in [0.29, 0.717) is 25.2 Å². The van der Waals surface area contributed by atoms with E-state index in [1.807, 2.05) is 25.1 Å². The number of nitrogens with zero attached hydrogens (tertiary/aromatic N) is 3. The maximum absolute atomic E-state index is 13.8. The van der Waals surface area contributed by atoms with Gasteiger partial charge in [0.1, 0.15) is 11.6 Å². The third-order valence-corrected chi connectivity index (χ3v) is 3.73. The molecule has 2 aromatic carbocycles. The number of anilines is 1. The summed E-state index contributed by atoms with van der Waals surface area (Å²) >= 11 is 0. The minimum Gasteiger partial charge on any atom is -0.319 e. The molecule has 0 aliphatic rings. The van der Waals surface area contributed by atoms with Gasteiger partial charge in [-0.05, 0) is 43.9 Å². The number of hydrogen-bond donors (Lipinski definition) is 1. The lowest BCUT2D eigenvalue weighted by atomic mass is 10.1. The van der Waals surface area contributed by atoms with Gasteiger partial charge in [0.15, 0.2) is 0 Å². The molecule has 5 nitrogen and oxygen atoms in total. The monoisotopic (exact) mass is 358 g/mol. The molecular weight excluding hydrogens is 338 g/mol. The molecule has 2 rings (SSSR count). The molecule has 0 unspecified atom stereocenters. The summed E-state index contributed by atoms with van der Waals surface area (Å²) in [6.07, 6.45) is 0. The van der Waals surface area contributed by atoms with E-state index in [1.54, 1.807) is 24.3 Å². The molecule has 0 saturated carbocycles. The second-order valence-electron chi connectivity index (χ2n) is 6.09. The smallest absolute Gasteiger partial charge is 0.319 e. The normalized spacial score (nSPS) is 10.5. The molecule has 0 bridgehead atoms. The first-order valence-corrected chi connectivity index (χ1v) is 8.04. The van der Waals surface area contributed by atoms with Crippen LogP contribution in [0.25, 0.3) is 0 Å². The van der Waals surface area contributed by atoms with Crippen molar-refractivity contribution in [1.82, 2.24) is 9.80 Å². The highest BCUT2D eigenvalue weighted by molar-refractivity contribution is 5.89. The first-order valence-electron chi connectivity index (χ1n) is 8.04. The molecule has 2 aromatic rings. The molecule has 26 heavy (non-hydrogen) atoms. The zero-order valence-electron chi connectivity index (χ0n) is 14.7. The van der Waals surface area contributed by atoms with E-state index in [4.69, 9.17) is 5.26 Å². The van der Waals surface area contributed by atoms with Gasteiger partial charge in [-0.25, -0.2) is 13.6 Å². The molecule has 0 saturated heterocycles. The van der Waals surface area contributed by atoms with E-state index in [2.05, 4.69) is 5.32 Å². The number of carbonyl (C=O) groups is 1. The van der Waals surface area contributed by atoms with Crippen molar-refractivity contribution < 1.29 is 13.6 Å². The van der Waals surface area contributed by atoms with Gasteiger partial charge in [-0.15, -0.1) is 0 Å². The van der Waals surface area contributed by atoms with Gasteiger partial charge in [0.05, 0.1) is 17.3 Å². The van der Waals surface area contributed by atoms with Crippen molar-refractivity contribution in [3.63, 3.8) is 0 Å². The standard InChI is InChI=1S/C19H20F2N4O/c1-24(2)9-10-25(13-15-5-3-14(12-22)4-6-15)19(26)23-18-8-7-16(20)11-17(18)21/h3-8,11H,9-10,13H2,1-2H3,(H,23,26). The lowest BCUT2D eigenvalue weighted by molar-refractivity contribution is 0.202. The minimum atomic E-state index is -0.829. The molecule has 2 amide bonds. The second-order valence-corrected chi connectivity index (χ2v) is 6.09. The molecule has 136 valence electrons. The third-order valence-electron chi connectivity index (χ3n) is 3.73. The molecule has 1 N–H and O–H groups in total. The van der Waals surface area contributed by atoms with Crippen molar-refractivity contribution in [2.45, 2.75) is 6.54 Å². The van der Waals surface area contributed by atoms with Gasteiger partial charge in [-0.2, -0.15) is 5.26 Å². The first-order chi connectivity index (χ1) is 12.4. The van der Waals surface area contributed by atoms with Crippen molar-refractivity contribution in [1.29, 1.82) is 5.26 Å². The Bertz CT molecular complexity index is 800. The first kappa shape index (κ1) is 19.3. The molecule has 0 aliphatic heterocycles. The van der Waals surface area contributed by atoms with Gasteiger partial charge in [0.2, 0.25) is 0 Å². The molecule has 0 radical (unpaired) electrons. The molecule has 0 aromatic heterocycles. The van der Waals surface area contributed by atoms with Crippen LogP contribution >= 0.6 is 0 Å². The van der Waals surface area contributed by atoms with Crippen LogP contribution in [-0.2, 0) is 6.54 Å². The second kappa shape index (κ2) is 8.92. The lowest BCUT2D eigenvalue weighted by Crippen LogP contribution is -2.39. The van der Waals surface area contributed by atoms with Gasteiger partial charge in [-0.1, -0.05) is 12.1 Å². The van der Waals surface area contributed by atoms with Crippen molar-refractivity contribution in [2.75, 3.05) is 32.5 Å². The highest BCUT2D eigenvalue weighted by Gasteiger charge is 2.16. The Morgan fingerprint density at radius 1 is 1.12 bits per heavy atom. The SMILES string of the molecule is CN(C)CCN(Cc1ccc(C#N)cc1)C(=O)Nc1ccc(F)cc1F. The van der Waals surface area contributed by atoms with Gasteiger partial charge in [0, 0.05) is 25.7 Å². The van der Waals surface area contributed by atoms with Crippen molar-refractivity contribution in [3.05, 3.63) is 65.2 Å².